The van der Waals surface area contributed by atoms with Gasteiger partial charge in [-0.25, -0.2) is 4.39 Å². The van der Waals surface area contributed by atoms with Gasteiger partial charge >= 0.3 is 0 Å². The first-order valence-electron chi connectivity index (χ1n) is 9.82. The number of halogens is 2. The normalized spacial score (nSPS) is 26.4. The van der Waals surface area contributed by atoms with Crippen molar-refractivity contribution in [2.45, 2.75) is 84.8 Å². The lowest BCUT2D eigenvalue weighted by Crippen LogP contribution is -2.48. The van der Waals surface area contributed by atoms with Gasteiger partial charge in [-0.2, -0.15) is 0 Å². The van der Waals surface area contributed by atoms with Crippen molar-refractivity contribution in [3.8, 4) is 0 Å². The summed E-state index contributed by atoms with van der Waals surface area (Å²) in [6.07, 6.45) is 6.68. The first-order chi connectivity index (χ1) is 12.3. The number of carbonyl (C=O) groups excluding carboxylic acids is 1. The Balaban J connectivity index is 0.00000163. The number of amides is 1. The highest BCUT2D eigenvalue weighted by Gasteiger charge is 2.42. The summed E-state index contributed by atoms with van der Waals surface area (Å²) in [7, 11) is 1.68. The monoisotopic (exact) mass is 387 g/mol. The molecule has 2 aliphatic rings. The number of carbonyl (C=O) groups is 1. The molecule has 150 valence electrons. The lowest BCUT2D eigenvalue weighted by atomic mass is 9.76. The second-order valence-corrected chi connectivity index (χ2v) is 8.11. The Labute approximate surface area is 163 Å². The fourth-order valence-electron chi connectivity index (χ4n) is 4.15. The van der Waals surface area contributed by atoms with E-state index in [1.54, 1.807) is 7.11 Å². The van der Waals surface area contributed by atoms with E-state index in [0.29, 0.717) is 5.57 Å². The highest BCUT2D eigenvalue weighted by atomic mass is 35.5. The van der Waals surface area contributed by atoms with Gasteiger partial charge in [0.15, 0.2) is 0 Å². The first-order valence-corrected chi connectivity index (χ1v) is 10.2. The van der Waals surface area contributed by atoms with E-state index in [4.69, 9.17) is 16.3 Å². The third-order valence-corrected chi connectivity index (χ3v) is 5.92. The van der Waals surface area contributed by atoms with E-state index in [1.807, 2.05) is 13.8 Å². The Morgan fingerprint density at radius 2 is 1.88 bits per heavy atom. The SMILES string of the molecule is C=C(/C(F)=C(\C)Cl)C(NC(=O)C1CCC(OC)C1)C1(C)CCCC1.CC. The molecule has 0 heterocycles. The molecule has 0 aliphatic heterocycles. The minimum absolute atomic E-state index is 0.0196. The van der Waals surface area contributed by atoms with Gasteiger partial charge in [0, 0.05) is 18.6 Å². The Hall–Kier alpha value is -0.870. The van der Waals surface area contributed by atoms with E-state index in [9.17, 15) is 9.18 Å². The second kappa shape index (κ2) is 10.5. The molecule has 0 aromatic heterocycles. The minimum atomic E-state index is -0.503. The fraction of sp³-hybridized carbons (Fsp3) is 0.762. The number of allylic oxidation sites excluding steroid dienone is 1. The van der Waals surface area contributed by atoms with Crippen LogP contribution in [0, 0.1) is 11.3 Å². The van der Waals surface area contributed by atoms with Crippen LogP contribution in [0.5, 0.6) is 0 Å². The predicted octanol–water partition coefficient (Wildman–Crippen LogP) is 5.89. The van der Waals surface area contributed by atoms with Gasteiger partial charge in [-0.15, -0.1) is 0 Å². The predicted molar refractivity (Wildman–Crippen MR) is 107 cm³/mol. The number of ether oxygens (including phenoxy) is 1. The van der Waals surface area contributed by atoms with Crippen LogP contribution in [0.15, 0.2) is 23.0 Å². The molecule has 2 saturated carbocycles. The van der Waals surface area contributed by atoms with E-state index in [-0.39, 0.29) is 28.4 Å². The topological polar surface area (TPSA) is 38.3 Å². The zero-order chi connectivity index (χ0) is 19.9. The molecule has 26 heavy (non-hydrogen) atoms. The molecule has 3 atom stereocenters. The Morgan fingerprint density at radius 3 is 2.35 bits per heavy atom. The lowest BCUT2D eigenvalue weighted by Gasteiger charge is -2.36. The van der Waals surface area contributed by atoms with Crippen LogP contribution in [-0.4, -0.2) is 25.2 Å². The first kappa shape index (κ1) is 23.2. The third-order valence-electron chi connectivity index (χ3n) is 5.75. The summed E-state index contributed by atoms with van der Waals surface area (Å²) >= 11 is 5.84. The smallest absolute Gasteiger partial charge is 0.223 e. The maximum Gasteiger partial charge on any atom is 0.223 e. The second-order valence-electron chi connectivity index (χ2n) is 7.54. The maximum atomic E-state index is 14.4. The molecular formula is C21H35ClFNO2. The maximum absolute atomic E-state index is 14.4. The van der Waals surface area contributed by atoms with Crippen molar-refractivity contribution < 1.29 is 13.9 Å². The molecule has 2 aliphatic carbocycles. The highest BCUT2D eigenvalue weighted by molar-refractivity contribution is 6.29. The summed E-state index contributed by atoms with van der Waals surface area (Å²) in [5.41, 5.74) is 0.122. The molecule has 0 spiro atoms. The Bertz CT molecular complexity index is 522. The van der Waals surface area contributed by atoms with Gasteiger partial charge in [0.1, 0.15) is 5.83 Å². The van der Waals surface area contributed by atoms with Crippen LogP contribution in [0.2, 0.25) is 0 Å². The summed E-state index contributed by atoms with van der Waals surface area (Å²) < 4.78 is 19.8. The molecule has 3 unspecified atom stereocenters. The van der Waals surface area contributed by atoms with Crippen molar-refractivity contribution in [3.05, 3.63) is 23.0 Å². The standard InChI is InChI=1S/C19H29ClFNO2.C2H6/c1-12(16(21)13(2)20)17(19(3)9-5-6-10-19)22-18(23)14-7-8-15(11-14)24-4;1-2/h14-15,17H,1,5-11H2,2-4H3,(H,22,23);1-2H3/b16-13-;. The van der Waals surface area contributed by atoms with Crippen LogP contribution in [0.25, 0.3) is 0 Å². The molecule has 0 aromatic rings. The molecular weight excluding hydrogens is 353 g/mol. The van der Waals surface area contributed by atoms with Crippen molar-refractivity contribution in [1.82, 2.24) is 5.32 Å². The summed E-state index contributed by atoms with van der Waals surface area (Å²) in [6.45, 7) is 11.5. The molecule has 2 fully saturated rings. The number of nitrogens with one attached hydrogen (secondary N) is 1. The average molecular weight is 388 g/mol. The van der Waals surface area contributed by atoms with Crippen LogP contribution >= 0.6 is 11.6 Å². The highest BCUT2D eigenvalue weighted by Crippen LogP contribution is 2.44. The Kier molecular flexibility index (Phi) is 9.32. The van der Waals surface area contributed by atoms with E-state index in [0.717, 1.165) is 44.9 Å². The summed E-state index contributed by atoms with van der Waals surface area (Å²) in [5.74, 6) is -0.593. The number of hydrogen-bond acceptors (Lipinski definition) is 2. The molecule has 1 amide bonds. The van der Waals surface area contributed by atoms with Crippen molar-refractivity contribution in [2.24, 2.45) is 11.3 Å². The number of hydrogen-bond donors (Lipinski definition) is 1. The van der Waals surface area contributed by atoms with Gasteiger partial charge in [-0.3, -0.25) is 4.79 Å². The van der Waals surface area contributed by atoms with E-state index in [1.165, 1.54) is 6.92 Å². The summed E-state index contributed by atoms with van der Waals surface area (Å²) in [4.78, 5) is 12.7. The minimum Gasteiger partial charge on any atom is -0.381 e. The van der Waals surface area contributed by atoms with E-state index in [2.05, 4.69) is 18.8 Å². The summed E-state index contributed by atoms with van der Waals surface area (Å²) in [6, 6.07) is -0.414. The molecule has 0 aromatic carbocycles. The number of rotatable bonds is 6. The molecule has 0 bridgehead atoms. The quantitative estimate of drug-likeness (QED) is 0.577. The van der Waals surface area contributed by atoms with Gasteiger partial charge in [0.25, 0.3) is 0 Å². The van der Waals surface area contributed by atoms with Crippen molar-refractivity contribution in [1.29, 1.82) is 0 Å². The summed E-state index contributed by atoms with van der Waals surface area (Å²) in [5, 5.41) is 3.18. The zero-order valence-corrected chi connectivity index (χ0v) is 17.7. The van der Waals surface area contributed by atoms with Gasteiger partial charge in [-0.05, 0) is 44.4 Å². The zero-order valence-electron chi connectivity index (χ0n) is 17.0. The van der Waals surface area contributed by atoms with Gasteiger partial charge < -0.3 is 10.1 Å². The van der Waals surface area contributed by atoms with E-state index < -0.39 is 11.9 Å². The van der Waals surface area contributed by atoms with Crippen LogP contribution in [0.1, 0.15) is 72.6 Å². The van der Waals surface area contributed by atoms with Crippen molar-refractivity contribution in [3.63, 3.8) is 0 Å². The third kappa shape index (κ3) is 5.56. The molecule has 3 nitrogen and oxygen atoms in total. The molecule has 0 radical (unpaired) electrons. The van der Waals surface area contributed by atoms with Gasteiger partial charge in [0.2, 0.25) is 5.91 Å². The lowest BCUT2D eigenvalue weighted by molar-refractivity contribution is -0.126. The van der Waals surface area contributed by atoms with Gasteiger partial charge in [-0.1, -0.05) is 51.8 Å². The van der Waals surface area contributed by atoms with Crippen LogP contribution < -0.4 is 5.32 Å². The average Bonchev–Trinajstić information content (AvgIpc) is 3.29. The molecule has 1 N–H and O–H groups in total. The number of methoxy groups -OCH3 is 1. The van der Waals surface area contributed by atoms with E-state index >= 15 is 0 Å². The fourth-order valence-corrected chi connectivity index (χ4v) is 4.28. The van der Waals surface area contributed by atoms with Crippen LogP contribution in [0.3, 0.4) is 0 Å². The molecule has 0 saturated heterocycles. The Morgan fingerprint density at radius 1 is 1.31 bits per heavy atom. The van der Waals surface area contributed by atoms with Gasteiger partial charge in [0.05, 0.1) is 17.2 Å². The largest absolute Gasteiger partial charge is 0.381 e. The molecule has 5 heteroatoms. The van der Waals surface area contributed by atoms with Crippen LogP contribution in [0.4, 0.5) is 4.39 Å². The molecule has 2 rings (SSSR count). The van der Waals surface area contributed by atoms with Crippen LogP contribution in [-0.2, 0) is 9.53 Å². The van der Waals surface area contributed by atoms with Crippen molar-refractivity contribution in [2.75, 3.05) is 7.11 Å². The van der Waals surface area contributed by atoms with Crippen molar-refractivity contribution >= 4 is 17.5 Å².